The third-order valence-corrected chi connectivity index (χ3v) is 5.79. The summed E-state index contributed by atoms with van der Waals surface area (Å²) in [6, 6.07) is 0.294. The van der Waals surface area contributed by atoms with Crippen molar-refractivity contribution in [3.63, 3.8) is 0 Å². The Bertz CT molecular complexity index is 521. The van der Waals surface area contributed by atoms with Gasteiger partial charge in [-0.1, -0.05) is 18.7 Å². The molecule has 2 heterocycles. The van der Waals surface area contributed by atoms with Crippen molar-refractivity contribution in [2.24, 2.45) is 4.99 Å². The fraction of sp³-hybridized carbons (Fsp3) is 0.688. The summed E-state index contributed by atoms with van der Waals surface area (Å²) in [4.78, 5) is 22.6. The second kappa shape index (κ2) is 10.6. The lowest BCUT2D eigenvalue weighted by Gasteiger charge is -2.18. The molecule has 134 valence electrons. The Morgan fingerprint density at radius 3 is 3.12 bits per heavy atom. The summed E-state index contributed by atoms with van der Waals surface area (Å²) in [5.74, 6) is 2.12. The van der Waals surface area contributed by atoms with E-state index in [1.165, 1.54) is 0 Å². The number of carbonyl (C=O) groups is 1. The van der Waals surface area contributed by atoms with Gasteiger partial charge in [-0.3, -0.25) is 9.79 Å². The van der Waals surface area contributed by atoms with Gasteiger partial charge in [-0.05, 0) is 19.8 Å². The van der Waals surface area contributed by atoms with Crippen molar-refractivity contribution in [3.05, 3.63) is 11.6 Å². The molecule has 1 aromatic heterocycles. The third-order valence-electron chi connectivity index (χ3n) is 3.74. The molecule has 1 saturated heterocycles. The molecule has 0 saturated carbocycles. The molecule has 0 aliphatic carbocycles. The molecule has 1 amide bonds. The number of carbonyl (C=O) groups excluding carboxylic acids is 1. The highest BCUT2D eigenvalue weighted by molar-refractivity contribution is 8.00. The normalized spacial score (nSPS) is 18.0. The first-order chi connectivity index (χ1) is 11.7. The number of rotatable bonds is 8. The highest BCUT2D eigenvalue weighted by Crippen LogP contribution is 2.20. The summed E-state index contributed by atoms with van der Waals surface area (Å²) in [5, 5.41) is 8.75. The highest BCUT2D eigenvalue weighted by Gasteiger charge is 2.25. The van der Waals surface area contributed by atoms with Gasteiger partial charge in [0.05, 0.1) is 0 Å². The van der Waals surface area contributed by atoms with E-state index in [1.807, 2.05) is 23.4 Å². The Kier molecular flexibility index (Phi) is 8.38. The van der Waals surface area contributed by atoms with Crippen LogP contribution in [-0.4, -0.2) is 59.7 Å². The number of hydrogen-bond donors (Lipinski definition) is 2. The predicted octanol–water partition coefficient (Wildman–Crippen LogP) is 2.19. The molecule has 0 radical (unpaired) electrons. The van der Waals surface area contributed by atoms with Gasteiger partial charge in [-0.2, -0.15) is 0 Å². The van der Waals surface area contributed by atoms with E-state index >= 15 is 0 Å². The molecular weight excluding hydrogens is 342 g/mol. The van der Waals surface area contributed by atoms with Crippen LogP contribution < -0.4 is 10.6 Å². The lowest BCUT2D eigenvalue weighted by atomic mass is 10.3. The number of likely N-dealkylation sites (tertiary alicyclic amines) is 1. The quantitative estimate of drug-likeness (QED) is 0.318. The van der Waals surface area contributed by atoms with Gasteiger partial charge in [0.1, 0.15) is 4.34 Å². The second-order valence-corrected chi connectivity index (χ2v) is 7.82. The summed E-state index contributed by atoms with van der Waals surface area (Å²) in [6.07, 6.45) is 4.42. The van der Waals surface area contributed by atoms with Crippen molar-refractivity contribution >= 4 is 35.0 Å². The van der Waals surface area contributed by atoms with E-state index in [-0.39, 0.29) is 5.91 Å². The minimum atomic E-state index is 0.237. The highest BCUT2D eigenvalue weighted by atomic mass is 32.2. The number of nitrogens with one attached hydrogen (secondary N) is 2. The summed E-state index contributed by atoms with van der Waals surface area (Å²) in [7, 11) is 0. The number of nitrogens with zero attached hydrogens (tertiary/aromatic N) is 3. The molecule has 1 aromatic rings. The van der Waals surface area contributed by atoms with Gasteiger partial charge < -0.3 is 15.5 Å². The maximum atomic E-state index is 11.8. The summed E-state index contributed by atoms with van der Waals surface area (Å²) in [6.45, 7) is 7.22. The maximum Gasteiger partial charge on any atom is 0.222 e. The van der Waals surface area contributed by atoms with Gasteiger partial charge >= 0.3 is 0 Å². The van der Waals surface area contributed by atoms with E-state index in [4.69, 9.17) is 0 Å². The molecule has 1 aliphatic heterocycles. The Hall–Kier alpha value is -1.28. The van der Waals surface area contributed by atoms with Crippen LogP contribution in [-0.2, 0) is 4.79 Å². The van der Waals surface area contributed by atoms with Gasteiger partial charge in [0.15, 0.2) is 5.96 Å². The lowest BCUT2D eigenvalue weighted by molar-refractivity contribution is -0.129. The molecule has 6 nitrogen and oxygen atoms in total. The molecule has 8 heteroatoms. The van der Waals surface area contributed by atoms with E-state index in [0.717, 1.165) is 55.1 Å². The molecule has 0 spiro atoms. The number of thioether (sulfide) groups is 1. The Labute approximate surface area is 152 Å². The number of thiazole rings is 1. The first kappa shape index (κ1) is 19.1. The van der Waals surface area contributed by atoms with Crippen LogP contribution in [0, 0.1) is 0 Å². The summed E-state index contributed by atoms with van der Waals surface area (Å²) >= 11 is 3.46. The van der Waals surface area contributed by atoms with Crippen LogP contribution >= 0.6 is 23.1 Å². The maximum absolute atomic E-state index is 11.8. The molecule has 2 N–H and O–H groups in total. The van der Waals surface area contributed by atoms with Crippen LogP contribution in [0.2, 0.25) is 0 Å². The molecule has 0 bridgehead atoms. The molecule has 2 rings (SSSR count). The van der Waals surface area contributed by atoms with Gasteiger partial charge in [-0.25, -0.2) is 4.98 Å². The van der Waals surface area contributed by atoms with Crippen molar-refractivity contribution in [1.82, 2.24) is 20.5 Å². The smallest absolute Gasteiger partial charge is 0.222 e. The predicted molar refractivity (Wildman–Crippen MR) is 102 cm³/mol. The van der Waals surface area contributed by atoms with Crippen molar-refractivity contribution in [2.45, 2.75) is 43.5 Å². The number of amides is 1. The van der Waals surface area contributed by atoms with E-state index in [2.05, 4.69) is 27.5 Å². The van der Waals surface area contributed by atoms with Crippen molar-refractivity contribution in [1.29, 1.82) is 0 Å². The number of hydrogen-bond acceptors (Lipinski definition) is 5. The van der Waals surface area contributed by atoms with Crippen LogP contribution in [0.1, 0.15) is 33.1 Å². The van der Waals surface area contributed by atoms with Crippen molar-refractivity contribution in [3.8, 4) is 0 Å². The van der Waals surface area contributed by atoms with E-state index < -0.39 is 0 Å². The third kappa shape index (κ3) is 6.32. The topological polar surface area (TPSA) is 69.6 Å². The molecular formula is C16H27N5OS2. The van der Waals surface area contributed by atoms with Gasteiger partial charge in [-0.15, -0.1) is 11.3 Å². The zero-order valence-electron chi connectivity index (χ0n) is 14.5. The summed E-state index contributed by atoms with van der Waals surface area (Å²) < 4.78 is 1.12. The minimum absolute atomic E-state index is 0.237. The van der Waals surface area contributed by atoms with E-state index in [1.54, 1.807) is 23.1 Å². The molecule has 1 aliphatic rings. The average molecular weight is 370 g/mol. The van der Waals surface area contributed by atoms with Crippen LogP contribution in [0.15, 0.2) is 20.9 Å². The monoisotopic (exact) mass is 369 g/mol. The minimum Gasteiger partial charge on any atom is -0.357 e. The molecule has 1 fully saturated rings. The van der Waals surface area contributed by atoms with E-state index in [9.17, 15) is 4.79 Å². The zero-order chi connectivity index (χ0) is 17.2. The average Bonchev–Trinajstić information content (AvgIpc) is 3.25. The fourth-order valence-corrected chi connectivity index (χ4v) is 4.17. The fourth-order valence-electron chi connectivity index (χ4n) is 2.54. The van der Waals surface area contributed by atoms with Crippen LogP contribution in [0.5, 0.6) is 0 Å². The standard InChI is InChI=1S/C16H27N5OS2/c1-3-14(22)21-9-6-13(12-21)20-15(17-4-2)18-7-5-10-23-16-19-8-11-24-16/h8,11,13H,3-7,9-10,12H2,1-2H3,(H2,17,18,20). The van der Waals surface area contributed by atoms with Gasteiger partial charge in [0, 0.05) is 56.0 Å². The zero-order valence-corrected chi connectivity index (χ0v) is 16.1. The van der Waals surface area contributed by atoms with Gasteiger partial charge in [0.2, 0.25) is 5.91 Å². The summed E-state index contributed by atoms with van der Waals surface area (Å²) in [5.41, 5.74) is 0. The first-order valence-corrected chi connectivity index (χ1v) is 10.4. The number of aromatic nitrogens is 1. The van der Waals surface area contributed by atoms with Crippen LogP contribution in [0.4, 0.5) is 0 Å². The largest absolute Gasteiger partial charge is 0.357 e. The Balaban J connectivity index is 1.71. The van der Waals surface area contributed by atoms with Crippen LogP contribution in [0.25, 0.3) is 0 Å². The van der Waals surface area contributed by atoms with Crippen molar-refractivity contribution < 1.29 is 4.79 Å². The molecule has 0 aromatic carbocycles. The second-order valence-electron chi connectivity index (χ2n) is 5.58. The lowest BCUT2D eigenvalue weighted by Crippen LogP contribution is -2.45. The van der Waals surface area contributed by atoms with Crippen LogP contribution in [0.3, 0.4) is 0 Å². The Morgan fingerprint density at radius 1 is 1.54 bits per heavy atom. The van der Waals surface area contributed by atoms with Gasteiger partial charge in [0.25, 0.3) is 0 Å². The Morgan fingerprint density at radius 2 is 2.42 bits per heavy atom. The number of guanidine groups is 1. The SMILES string of the molecule is CCNC(=NCCCSc1nccs1)NC1CCN(C(=O)CC)C1. The number of aliphatic imine (C=N–C) groups is 1. The van der Waals surface area contributed by atoms with E-state index in [0.29, 0.717) is 12.5 Å². The first-order valence-electron chi connectivity index (χ1n) is 8.57. The van der Waals surface area contributed by atoms with Crippen molar-refractivity contribution in [2.75, 3.05) is 31.9 Å². The molecule has 24 heavy (non-hydrogen) atoms. The molecule has 1 unspecified atom stereocenters. The molecule has 1 atom stereocenters.